The van der Waals surface area contributed by atoms with Crippen molar-refractivity contribution < 1.29 is 27.5 Å². The Morgan fingerprint density at radius 2 is 1.58 bits per heavy atom. The Balaban J connectivity index is 1.84. The summed E-state index contributed by atoms with van der Waals surface area (Å²) in [5.41, 5.74) is -0.602. The molecular formula is C22H22F3N3O3. The number of hydrogen-bond acceptors (Lipinski definition) is 3. The molecule has 0 saturated heterocycles. The van der Waals surface area contributed by atoms with Gasteiger partial charge in [0, 0.05) is 16.8 Å². The minimum absolute atomic E-state index is 0.0284. The van der Waals surface area contributed by atoms with Gasteiger partial charge in [0.25, 0.3) is 5.91 Å². The van der Waals surface area contributed by atoms with Crippen LogP contribution >= 0.6 is 0 Å². The average Bonchev–Trinajstić information content (AvgIpc) is 2.97. The highest BCUT2D eigenvalue weighted by Gasteiger charge is 2.35. The zero-order valence-corrected chi connectivity index (χ0v) is 17.4. The topological polar surface area (TPSA) is 83.2 Å². The number of aryl methyl sites for hydroxylation is 1. The van der Waals surface area contributed by atoms with Crippen LogP contribution in [0.4, 0.5) is 29.3 Å². The van der Waals surface area contributed by atoms with Gasteiger partial charge in [-0.3, -0.25) is 10.1 Å². The summed E-state index contributed by atoms with van der Waals surface area (Å²) in [5, 5.41) is 5.53. The number of ether oxygens (including phenoxy) is 1. The summed E-state index contributed by atoms with van der Waals surface area (Å²) in [6.07, 6.45) is -5.21. The first-order valence-corrected chi connectivity index (χ1v) is 9.45. The first kappa shape index (κ1) is 22.2. The summed E-state index contributed by atoms with van der Waals surface area (Å²) in [6.45, 7) is 6.55. The fourth-order valence-electron chi connectivity index (χ4n) is 3.12. The minimum atomic E-state index is -4.56. The number of carbonyl (C=O) groups is 2. The molecule has 0 saturated carbocycles. The Labute approximate surface area is 176 Å². The van der Waals surface area contributed by atoms with Crippen LogP contribution in [0.2, 0.25) is 0 Å². The number of halogens is 3. The third-order valence-corrected chi connectivity index (χ3v) is 4.39. The van der Waals surface area contributed by atoms with Gasteiger partial charge in [-0.05, 0) is 57.5 Å². The summed E-state index contributed by atoms with van der Waals surface area (Å²) in [7, 11) is 0. The molecule has 0 atom stereocenters. The number of para-hydroxylation sites is 1. The number of hydrogen-bond donors (Lipinski definition) is 3. The van der Waals surface area contributed by atoms with E-state index in [1.165, 1.54) is 31.2 Å². The normalized spacial score (nSPS) is 12.0. The van der Waals surface area contributed by atoms with Crippen LogP contribution in [-0.4, -0.2) is 22.6 Å². The van der Waals surface area contributed by atoms with Crippen molar-refractivity contribution in [2.24, 2.45) is 0 Å². The molecule has 3 rings (SSSR count). The van der Waals surface area contributed by atoms with Gasteiger partial charge in [0.05, 0.1) is 11.1 Å². The molecule has 0 radical (unpaired) electrons. The van der Waals surface area contributed by atoms with E-state index in [0.717, 1.165) is 0 Å². The van der Waals surface area contributed by atoms with Crippen LogP contribution in [0.15, 0.2) is 42.5 Å². The van der Waals surface area contributed by atoms with Crippen molar-refractivity contribution in [1.82, 2.24) is 4.98 Å². The largest absolute Gasteiger partial charge is 0.444 e. The average molecular weight is 433 g/mol. The van der Waals surface area contributed by atoms with Gasteiger partial charge in [-0.2, -0.15) is 13.2 Å². The maximum atomic E-state index is 13.2. The van der Waals surface area contributed by atoms with Crippen molar-refractivity contribution in [3.8, 4) is 0 Å². The second-order valence-corrected chi connectivity index (χ2v) is 8.01. The number of benzene rings is 2. The van der Waals surface area contributed by atoms with E-state index < -0.39 is 29.5 Å². The third-order valence-electron chi connectivity index (χ3n) is 4.39. The zero-order chi connectivity index (χ0) is 23.0. The Kier molecular flexibility index (Phi) is 5.71. The molecule has 0 spiro atoms. The van der Waals surface area contributed by atoms with Gasteiger partial charge in [0.15, 0.2) is 0 Å². The van der Waals surface area contributed by atoms with Crippen LogP contribution in [-0.2, 0) is 10.9 Å². The maximum absolute atomic E-state index is 13.2. The molecule has 1 heterocycles. The Hall–Kier alpha value is -3.49. The molecule has 2 aromatic carbocycles. The van der Waals surface area contributed by atoms with Crippen molar-refractivity contribution in [1.29, 1.82) is 0 Å². The van der Waals surface area contributed by atoms with Crippen molar-refractivity contribution in [2.75, 3.05) is 10.6 Å². The molecule has 1 aromatic heterocycles. The molecule has 9 heteroatoms. The van der Waals surface area contributed by atoms with Gasteiger partial charge >= 0.3 is 12.3 Å². The highest BCUT2D eigenvalue weighted by molar-refractivity contribution is 6.12. The summed E-state index contributed by atoms with van der Waals surface area (Å²) in [5.74, 6) is -0.588. The molecule has 6 nitrogen and oxygen atoms in total. The molecular weight excluding hydrogens is 411 g/mol. The van der Waals surface area contributed by atoms with Gasteiger partial charge in [-0.25, -0.2) is 4.79 Å². The molecule has 164 valence electrons. The number of alkyl halides is 3. The highest BCUT2D eigenvalue weighted by Crippen LogP contribution is 2.36. The predicted octanol–water partition coefficient (Wildman–Crippen LogP) is 6.09. The van der Waals surface area contributed by atoms with Crippen LogP contribution in [0.25, 0.3) is 10.9 Å². The van der Waals surface area contributed by atoms with Crippen LogP contribution in [0.1, 0.15) is 42.4 Å². The molecule has 0 aliphatic rings. The number of fused-ring (bicyclic) bond motifs is 1. The Morgan fingerprint density at radius 1 is 0.968 bits per heavy atom. The molecule has 3 aromatic rings. The quantitative estimate of drug-likeness (QED) is 0.467. The SMILES string of the molecule is Cc1c(C(F)(F)F)[nH]c2c(C(=O)Nc3cccc(NC(=O)OC(C)(C)C)c3)cccc12. The van der Waals surface area contributed by atoms with E-state index in [2.05, 4.69) is 15.6 Å². The van der Waals surface area contributed by atoms with Crippen LogP contribution in [0.5, 0.6) is 0 Å². The molecule has 0 fully saturated rings. The molecule has 31 heavy (non-hydrogen) atoms. The van der Waals surface area contributed by atoms with Gasteiger partial charge in [-0.15, -0.1) is 0 Å². The summed E-state index contributed by atoms with van der Waals surface area (Å²) >= 11 is 0. The maximum Gasteiger partial charge on any atom is 0.431 e. The number of anilines is 2. The standard InChI is InChI=1S/C22H22F3N3O3/c1-12-15-9-6-10-16(17(15)28-18(12)22(23,24)25)19(29)26-13-7-5-8-14(11-13)27-20(30)31-21(2,3)4/h5-11,28H,1-4H3,(H,26,29)(H,27,30). The fraction of sp³-hybridized carbons (Fsp3) is 0.273. The van der Waals surface area contributed by atoms with Gasteiger partial charge in [-0.1, -0.05) is 18.2 Å². The van der Waals surface area contributed by atoms with Crippen molar-refractivity contribution >= 4 is 34.3 Å². The van der Waals surface area contributed by atoms with Gasteiger partial charge in [0.2, 0.25) is 0 Å². The number of aromatic nitrogens is 1. The van der Waals surface area contributed by atoms with Gasteiger partial charge < -0.3 is 15.0 Å². The molecule has 0 unspecified atom stereocenters. The summed E-state index contributed by atoms with van der Waals surface area (Å²) in [6, 6.07) is 10.8. The molecule has 0 aliphatic heterocycles. The number of nitrogens with one attached hydrogen (secondary N) is 3. The van der Waals surface area contributed by atoms with Crippen molar-refractivity contribution in [3.63, 3.8) is 0 Å². The second kappa shape index (κ2) is 7.98. The van der Waals surface area contributed by atoms with Gasteiger partial charge in [0.1, 0.15) is 11.3 Å². The van der Waals surface area contributed by atoms with E-state index in [1.54, 1.807) is 39.0 Å². The fourth-order valence-corrected chi connectivity index (χ4v) is 3.12. The molecule has 0 bridgehead atoms. The van der Waals surface area contributed by atoms with Crippen LogP contribution in [0.3, 0.4) is 0 Å². The zero-order valence-electron chi connectivity index (χ0n) is 17.4. The number of aromatic amines is 1. The second-order valence-electron chi connectivity index (χ2n) is 8.01. The van der Waals surface area contributed by atoms with E-state index in [1.807, 2.05) is 0 Å². The van der Waals surface area contributed by atoms with E-state index in [4.69, 9.17) is 4.74 Å². The van der Waals surface area contributed by atoms with Crippen LogP contribution < -0.4 is 10.6 Å². The molecule has 2 amide bonds. The van der Waals surface area contributed by atoms with E-state index >= 15 is 0 Å². The van der Waals surface area contributed by atoms with E-state index in [9.17, 15) is 22.8 Å². The van der Waals surface area contributed by atoms with E-state index in [0.29, 0.717) is 16.8 Å². The number of carbonyl (C=O) groups excluding carboxylic acids is 2. The summed E-state index contributed by atoms with van der Waals surface area (Å²) < 4.78 is 44.9. The minimum Gasteiger partial charge on any atom is -0.444 e. The first-order chi connectivity index (χ1) is 14.3. The van der Waals surface area contributed by atoms with Crippen molar-refractivity contribution in [2.45, 2.75) is 39.5 Å². The number of H-pyrrole nitrogens is 1. The lowest BCUT2D eigenvalue weighted by Crippen LogP contribution is -2.27. The van der Waals surface area contributed by atoms with E-state index in [-0.39, 0.29) is 16.6 Å². The van der Waals surface area contributed by atoms with Crippen LogP contribution in [0, 0.1) is 6.92 Å². The first-order valence-electron chi connectivity index (χ1n) is 9.45. The predicted molar refractivity (Wildman–Crippen MR) is 112 cm³/mol. The summed E-state index contributed by atoms with van der Waals surface area (Å²) in [4.78, 5) is 27.1. The Morgan fingerprint density at radius 3 is 2.19 bits per heavy atom. The number of amides is 2. The number of rotatable bonds is 3. The lowest BCUT2D eigenvalue weighted by atomic mass is 10.1. The highest BCUT2D eigenvalue weighted by atomic mass is 19.4. The third kappa shape index (κ3) is 5.17. The lowest BCUT2D eigenvalue weighted by molar-refractivity contribution is -0.141. The monoisotopic (exact) mass is 433 g/mol. The lowest BCUT2D eigenvalue weighted by Gasteiger charge is -2.19. The smallest absolute Gasteiger partial charge is 0.431 e. The van der Waals surface area contributed by atoms with Crippen molar-refractivity contribution in [3.05, 3.63) is 59.3 Å². The molecule has 3 N–H and O–H groups in total. The molecule has 0 aliphatic carbocycles. The Bertz CT molecular complexity index is 1140.